The first-order valence-corrected chi connectivity index (χ1v) is 15.6. The van der Waals surface area contributed by atoms with Crippen molar-refractivity contribution in [1.29, 1.82) is 0 Å². The molecule has 1 N–H and O–H groups in total. The fourth-order valence-corrected chi connectivity index (χ4v) is 6.63. The Hall–Kier alpha value is -3.56. The topological polar surface area (TPSA) is 96.0 Å². The van der Waals surface area contributed by atoms with Crippen molar-refractivity contribution in [2.45, 2.75) is 62.6 Å². The number of carbonyl (C=O) groups excluding carboxylic acids is 2. The number of benzene rings is 3. The fraction of sp³-hybridized carbons (Fsp3) is 0.355. The molecule has 3 aromatic carbocycles. The van der Waals surface area contributed by atoms with Gasteiger partial charge in [0.2, 0.25) is 11.8 Å². The molecule has 0 aromatic heterocycles. The van der Waals surface area contributed by atoms with E-state index in [2.05, 4.69) is 5.32 Å². The number of methoxy groups -OCH3 is 1. The molecule has 10 heteroatoms. The van der Waals surface area contributed by atoms with E-state index in [1.54, 1.807) is 61.7 Å². The van der Waals surface area contributed by atoms with Crippen LogP contribution in [-0.4, -0.2) is 50.9 Å². The molecule has 2 amide bonds. The summed E-state index contributed by atoms with van der Waals surface area (Å²) in [5.74, 6) is -0.0607. The van der Waals surface area contributed by atoms with Gasteiger partial charge in [-0.1, -0.05) is 61.7 Å². The minimum Gasteiger partial charge on any atom is -0.497 e. The number of hydrogen-bond acceptors (Lipinski definition) is 5. The lowest BCUT2D eigenvalue weighted by Crippen LogP contribution is -2.53. The largest absolute Gasteiger partial charge is 0.497 e. The van der Waals surface area contributed by atoms with E-state index in [0.29, 0.717) is 22.9 Å². The molecule has 1 saturated carbocycles. The summed E-state index contributed by atoms with van der Waals surface area (Å²) < 4.78 is 34.0. The van der Waals surface area contributed by atoms with Crippen molar-refractivity contribution >= 4 is 39.1 Å². The lowest BCUT2D eigenvalue weighted by Gasteiger charge is -2.33. The normalized spacial score (nSPS) is 14.3. The third kappa shape index (κ3) is 7.59. The molecule has 1 aliphatic rings. The smallest absolute Gasteiger partial charge is 0.264 e. The van der Waals surface area contributed by atoms with Gasteiger partial charge in [0.1, 0.15) is 18.3 Å². The molecule has 0 bridgehead atoms. The van der Waals surface area contributed by atoms with E-state index >= 15 is 0 Å². The number of anilines is 1. The van der Waals surface area contributed by atoms with Crippen LogP contribution in [0.15, 0.2) is 83.8 Å². The van der Waals surface area contributed by atoms with Crippen LogP contribution in [0.2, 0.25) is 5.02 Å². The third-order valence-corrected chi connectivity index (χ3v) is 9.36. The van der Waals surface area contributed by atoms with Crippen LogP contribution in [0.3, 0.4) is 0 Å². The SMILES string of the molecule is CC[C@H](C(=O)NC1CCCC1)N(Cc1ccc(OC)cc1)C(=O)CN(c1ccc(Cl)cc1)S(=O)(=O)c1ccccc1. The monoisotopic (exact) mass is 597 g/mol. The zero-order valence-electron chi connectivity index (χ0n) is 23.3. The Labute approximate surface area is 247 Å². The Morgan fingerprint density at radius 3 is 2.20 bits per heavy atom. The molecular weight excluding hydrogens is 562 g/mol. The van der Waals surface area contributed by atoms with E-state index in [0.717, 1.165) is 35.6 Å². The summed E-state index contributed by atoms with van der Waals surface area (Å²) in [4.78, 5) is 29.2. The third-order valence-electron chi connectivity index (χ3n) is 7.32. The number of rotatable bonds is 12. The number of nitrogens with zero attached hydrogens (tertiary/aromatic N) is 2. The zero-order chi connectivity index (χ0) is 29.4. The van der Waals surface area contributed by atoms with Crippen molar-refractivity contribution in [3.05, 3.63) is 89.4 Å². The second-order valence-corrected chi connectivity index (χ2v) is 12.4. The highest BCUT2D eigenvalue weighted by Crippen LogP contribution is 2.26. The molecule has 0 unspecified atom stereocenters. The molecule has 3 aromatic rings. The van der Waals surface area contributed by atoms with Crippen molar-refractivity contribution in [2.24, 2.45) is 0 Å². The van der Waals surface area contributed by atoms with E-state index in [-0.39, 0.29) is 23.4 Å². The predicted octanol–water partition coefficient (Wildman–Crippen LogP) is 5.41. The molecule has 1 aliphatic carbocycles. The van der Waals surface area contributed by atoms with E-state index < -0.39 is 28.5 Å². The van der Waals surface area contributed by atoms with Gasteiger partial charge in [-0.2, -0.15) is 0 Å². The Morgan fingerprint density at radius 1 is 0.976 bits per heavy atom. The van der Waals surface area contributed by atoms with Gasteiger partial charge < -0.3 is 15.0 Å². The van der Waals surface area contributed by atoms with Crippen LogP contribution in [0.4, 0.5) is 5.69 Å². The van der Waals surface area contributed by atoms with Gasteiger partial charge in [0, 0.05) is 17.6 Å². The number of halogens is 1. The Bertz CT molecular complexity index is 1410. The lowest BCUT2D eigenvalue weighted by atomic mass is 10.1. The number of carbonyl (C=O) groups is 2. The highest BCUT2D eigenvalue weighted by molar-refractivity contribution is 7.92. The number of sulfonamides is 1. The molecule has 218 valence electrons. The van der Waals surface area contributed by atoms with Crippen LogP contribution in [0.5, 0.6) is 5.75 Å². The average molecular weight is 598 g/mol. The number of nitrogens with one attached hydrogen (secondary N) is 1. The first-order chi connectivity index (χ1) is 19.7. The molecule has 0 spiro atoms. The average Bonchev–Trinajstić information content (AvgIpc) is 3.50. The Kier molecular flexibility index (Phi) is 10.3. The van der Waals surface area contributed by atoms with E-state index in [1.165, 1.54) is 17.0 Å². The fourth-order valence-electron chi connectivity index (χ4n) is 5.07. The van der Waals surface area contributed by atoms with Crippen molar-refractivity contribution in [3.8, 4) is 5.75 Å². The molecule has 0 saturated heterocycles. The second-order valence-electron chi connectivity index (χ2n) is 10.1. The quantitative estimate of drug-likeness (QED) is 0.301. The molecule has 41 heavy (non-hydrogen) atoms. The number of amides is 2. The maximum atomic E-state index is 14.1. The van der Waals surface area contributed by atoms with Crippen LogP contribution < -0.4 is 14.4 Å². The summed E-state index contributed by atoms with van der Waals surface area (Å²) in [6.07, 6.45) is 4.31. The molecule has 1 atom stereocenters. The van der Waals surface area contributed by atoms with E-state index in [9.17, 15) is 18.0 Å². The molecular formula is C31H36ClN3O5S. The van der Waals surface area contributed by atoms with Crippen molar-refractivity contribution in [1.82, 2.24) is 10.2 Å². The number of ether oxygens (including phenoxy) is 1. The van der Waals surface area contributed by atoms with E-state index in [4.69, 9.17) is 16.3 Å². The molecule has 1 fully saturated rings. The van der Waals surface area contributed by atoms with Gasteiger partial charge >= 0.3 is 0 Å². The highest BCUT2D eigenvalue weighted by Gasteiger charge is 2.34. The maximum Gasteiger partial charge on any atom is 0.264 e. The molecule has 0 aliphatic heterocycles. The van der Waals surface area contributed by atoms with Crippen LogP contribution in [0.25, 0.3) is 0 Å². The van der Waals surface area contributed by atoms with Gasteiger partial charge in [-0.15, -0.1) is 0 Å². The van der Waals surface area contributed by atoms with Crippen molar-refractivity contribution < 1.29 is 22.7 Å². The van der Waals surface area contributed by atoms with Crippen molar-refractivity contribution in [2.75, 3.05) is 18.0 Å². The zero-order valence-corrected chi connectivity index (χ0v) is 24.9. The maximum absolute atomic E-state index is 14.1. The van der Waals surface area contributed by atoms with E-state index in [1.807, 2.05) is 19.1 Å². The summed E-state index contributed by atoms with van der Waals surface area (Å²) in [6, 6.07) is 20.8. The van der Waals surface area contributed by atoms with Gasteiger partial charge in [0.05, 0.1) is 17.7 Å². The summed E-state index contributed by atoms with van der Waals surface area (Å²) in [5, 5.41) is 3.56. The summed E-state index contributed by atoms with van der Waals surface area (Å²) in [5.41, 5.74) is 1.08. The van der Waals surface area contributed by atoms with Crippen LogP contribution in [0, 0.1) is 0 Å². The van der Waals surface area contributed by atoms with Gasteiger partial charge in [-0.05, 0) is 73.4 Å². The summed E-state index contributed by atoms with van der Waals surface area (Å²) >= 11 is 6.08. The summed E-state index contributed by atoms with van der Waals surface area (Å²) in [7, 11) is -2.55. The van der Waals surface area contributed by atoms with Gasteiger partial charge in [0.25, 0.3) is 10.0 Å². The number of hydrogen-bond donors (Lipinski definition) is 1. The summed E-state index contributed by atoms with van der Waals surface area (Å²) in [6.45, 7) is 1.48. The Morgan fingerprint density at radius 2 is 1.61 bits per heavy atom. The van der Waals surface area contributed by atoms with Crippen molar-refractivity contribution in [3.63, 3.8) is 0 Å². The first kappa shape index (κ1) is 30.4. The molecule has 4 rings (SSSR count). The minimum atomic E-state index is -4.12. The van der Waals surface area contributed by atoms with Crippen LogP contribution in [0.1, 0.15) is 44.6 Å². The van der Waals surface area contributed by atoms with Crippen LogP contribution >= 0.6 is 11.6 Å². The highest BCUT2D eigenvalue weighted by atomic mass is 35.5. The molecule has 0 heterocycles. The standard InChI is InChI=1S/C31H36ClN3O5S/c1-3-29(31(37)33-25-9-7-8-10-25)34(21-23-13-19-27(40-2)20-14-23)30(36)22-35(26-17-15-24(32)16-18-26)41(38,39)28-11-5-4-6-12-28/h4-6,11-20,25,29H,3,7-10,21-22H2,1-2H3,(H,33,37)/t29-/m1/s1. The van der Waals surface area contributed by atoms with Gasteiger partial charge in [-0.3, -0.25) is 13.9 Å². The minimum absolute atomic E-state index is 0.0514. The molecule has 8 nitrogen and oxygen atoms in total. The first-order valence-electron chi connectivity index (χ1n) is 13.8. The van der Waals surface area contributed by atoms with Gasteiger partial charge in [0.15, 0.2) is 0 Å². The lowest BCUT2D eigenvalue weighted by molar-refractivity contribution is -0.140. The predicted molar refractivity (Wildman–Crippen MR) is 160 cm³/mol. The van der Waals surface area contributed by atoms with Crippen LogP contribution in [-0.2, 0) is 26.2 Å². The second kappa shape index (κ2) is 13.9. The Balaban J connectivity index is 1.69. The van der Waals surface area contributed by atoms with Gasteiger partial charge in [-0.25, -0.2) is 8.42 Å². The molecule has 0 radical (unpaired) electrons.